The van der Waals surface area contributed by atoms with E-state index in [0.717, 1.165) is 11.3 Å². The maximum absolute atomic E-state index is 14.4. The molecule has 3 atom stereocenters. The van der Waals surface area contributed by atoms with Crippen molar-refractivity contribution in [3.8, 4) is 0 Å². The quantitative estimate of drug-likeness (QED) is 0.606. The zero-order valence-corrected chi connectivity index (χ0v) is 17.5. The molecule has 3 heterocycles. The summed E-state index contributed by atoms with van der Waals surface area (Å²) >= 11 is 2.71. The highest BCUT2D eigenvalue weighted by Gasteiger charge is 2.44. The summed E-state index contributed by atoms with van der Waals surface area (Å²) in [7, 11) is 0. The number of hydrogen-bond donors (Lipinski definition) is 1. The van der Waals surface area contributed by atoms with Gasteiger partial charge in [-0.25, -0.2) is 14.4 Å². The second kappa shape index (κ2) is 8.79. The second-order valence-electron chi connectivity index (χ2n) is 7.24. The van der Waals surface area contributed by atoms with E-state index in [1.807, 2.05) is 11.4 Å². The van der Waals surface area contributed by atoms with Crippen LogP contribution in [0.1, 0.15) is 38.5 Å². The van der Waals surface area contributed by atoms with Crippen LogP contribution in [-0.4, -0.2) is 52.0 Å². The van der Waals surface area contributed by atoms with E-state index in [4.69, 9.17) is 0 Å². The number of carbonyl (C=O) groups is 1. The van der Waals surface area contributed by atoms with Gasteiger partial charge in [-0.2, -0.15) is 0 Å². The number of ketones is 1. The molecule has 0 bridgehead atoms. The summed E-state index contributed by atoms with van der Waals surface area (Å²) in [6, 6.07) is 5.06. The van der Waals surface area contributed by atoms with Crippen molar-refractivity contribution >= 4 is 28.5 Å². The molecule has 5 nitrogen and oxygen atoms in total. The molecule has 1 radical (unpaired) electrons. The highest BCUT2D eigenvalue weighted by atomic mass is 32.1. The third kappa shape index (κ3) is 4.02. The summed E-state index contributed by atoms with van der Waals surface area (Å²) in [5.74, 6) is -1.06. The average Bonchev–Trinajstić information content (AvgIpc) is 3.44. The lowest BCUT2D eigenvalue weighted by atomic mass is 9.70. The number of benzene rings is 1. The van der Waals surface area contributed by atoms with Crippen molar-refractivity contribution in [1.29, 1.82) is 0 Å². The molecule has 0 spiro atoms. The molecule has 1 fully saturated rings. The van der Waals surface area contributed by atoms with Crippen LogP contribution in [0.4, 0.5) is 4.39 Å². The predicted octanol–water partition coefficient (Wildman–Crippen LogP) is 3.52. The van der Waals surface area contributed by atoms with Gasteiger partial charge < -0.3 is 5.11 Å². The largest absolute Gasteiger partial charge is 0.395 e. The zero-order chi connectivity index (χ0) is 20.4. The van der Waals surface area contributed by atoms with Gasteiger partial charge in [-0.05, 0) is 24.1 Å². The number of aromatic nitrogens is 2. The van der Waals surface area contributed by atoms with Crippen molar-refractivity contribution in [2.24, 2.45) is 5.92 Å². The minimum absolute atomic E-state index is 0.0116. The van der Waals surface area contributed by atoms with Gasteiger partial charge in [0.1, 0.15) is 5.82 Å². The molecular weight excluding hydrogens is 409 g/mol. The lowest BCUT2D eigenvalue weighted by molar-refractivity contribution is 0.0697. The average molecular weight is 431 g/mol. The maximum atomic E-state index is 14.4. The fourth-order valence-electron chi connectivity index (χ4n) is 4.27. The van der Waals surface area contributed by atoms with Gasteiger partial charge >= 0.3 is 0 Å². The first-order chi connectivity index (χ1) is 14.1. The number of rotatable bonds is 6. The Balaban J connectivity index is 1.83. The molecule has 3 aromatic rings. The first kappa shape index (κ1) is 20.3. The normalized spacial score (nSPS) is 22.7. The fourth-order valence-corrected chi connectivity index (χ4v) is 5.47. The molecule has 0 amide bonds. The number of aliphatic hydroxyl groups is 1. The molecule has 1 aliphatic rings. The van der Waals surface area contributed by atoms with Gasteiger partial charge in [0.25, 0.3) is 0 Å². The molecule has 0 aliphatic carbocycles. The number of halogens is 1. The molecule has 0 unspecified atom stereocenters. The lowest BCUT2D eigenvalue weighted by Gasteiger charge is -2.43. The van der Waals surface area contributed by atoms with Crippen LogP contribution < -0.4 is 0 Å². The van der Waals surface area contributed by atoms with Gasteiger partial charge in [-0.1, -0.05) is 12.1 Å². The monoisotopic (exact) mass is 430 g/mol. The van der Waals surface area contributed by atoms with E-state index in [9.17, 15) is 14.3 Å². The number of likely N-dealkylation sites (tertiary alicyclic amines) is 1. The van der Waals surface area contributed by atoms with Crippen LogP contribution in [0.5, 0.6) is 0 Å². The van der Waals surface area contributed by atoms with E-state index in [1.165, 1.54) is 28.7 Å². The van der Waals surface area contributed by atoms with Crippen molar-refractivity contribution in [1.82, 2.24) is 14.9 Å². The Hall–Kier alpha value is -2.00. The number of carbonyl (C=O) groups excluding carboxylic acids is 1. The van der Waals surface area contributed by atoms with Crippen LogP contribution in [0.25, 0.3) is 0 Å². The van der Waals surface area contributed by atoms with Crippen molar-refractivity contribution < 1.29 is 14.3 Å². The van der Waals surface area contributed by atoms with Crippen molar-refractivity contribution in [3.05, 3.63) is 68.3 Å². The Morgan fingerprint density at radius 3 is 2.97 bits per heavy atom. The maximum Gasteiger partial charge on any atom is 0.196 e. The topological polar surface area (TPSA) is 66.3 Å². The predicted molar refractivity (Wildman–Crippen MR) is 111 cm³/mol. The summed E-state index contributed by atoms with van der Waals surface area (Å²) in [4.78, 5) is 24.2. The number of nitrogens with zero attached hydrogens (tertiary/aromatic N) is 3. The number of aliphatic hydroxyl groups excluding tert-OH is 1. The minimum Gasteiger partial charge on any atom is -0.395 e. The number of hydrogen-bond acceptors (Lipinski definition) is 7. The second-order valence-corrected chi connectivity index (χ2v) is 8.79. The van der Waals surface area contributed by atoms with Crippen LogP contribution in [0.15, 0.2) is 35.2 Å². The minimum atomic E-state index is -0.409. The molecule has 1 aliphatic heterocycles. The highest BCUT2D eigenvalue weighted by molar-refractivity contribution is 7.11. The van der Waals surface area contributed by atoms with Crippen molar-refractivity contribution in [2.75, 3.05) is 26.2 Å². The van der Waals surface area contributed by atoms with E-state index in [1.54, 1.807) is 24.6 Å². The van der Waals surface area contributed by atoms with Gasteiger partial charge in [0, 0.05) is 54.3 Å². The lowest BCUT2D eigenvalue weighted by Crippen LogP contribution is -2.48. The van der Waals surface area contributed by atoms with Gasteiger partial charge in [-0.15, -0.1) is 22.7 Å². The molecule has 1 aromatic carbocycles. The van der Waals surface area contributed by atoms with Crippen molar-refractivity contribution in [3.63, 3.8) is 0 Å². The first-order valence-electron chi connectivity index (χ1n) is 9.43. The molecule has 1 N–H and O–H groups in total. The SMILES string of the molecule is Cc1c(F)cccc1[C@H]1[C@@H](C(=O)c2nccs2)CN(CCO)C[C@@H]1c1cs[c]n1. The van der Waals surface area contributed by atoms with Crippen LogP contribution in [0.2, 0.25) is 0 Å². The Labute approximate surface area is 176 Å². The number of β-amino-alcohol motifs (C(OH)–C–C–N with tert-alkyl or cyclic N) is 1. The van der Waals surface area contributed by atoms with Gasteiger partial charge in [0.05, 0.1) is 12.3 Å². The molecule has 29 heavy (non-hydrogen) atoms. The summed E-state index contributed by atoms with van der Waals surface area (Å²) in [5, 5.41) is 13.7. The molecule has 0 saturated carbocycles. The summed E-state index contributed by atoms with van der Waals surface area (Å²) in [6.45, 7) is 3.38. The Morgan fingerprint density at radius 2 is 2.28 bits per heavy atom. The summed E-state index contributed by atoms with van der Waals surface area (Å²) < 4.78 is 14.4. The standard InChI is InChI=1S/C21H21FN3O2S2/c1-13-14(3-2-4-17(13)22)19-15(18-11-28-12-24-18)9-25(6-7-26)10-16(19)20(27)21-23-5-8-29-21/h2-5,8,11,15-16,19,26H,6-7,9-10H2,1H3/t15-,16+,19-/m1/s1. The number of piperidine rings is 1. The van der Waals surface area contributed by atoms with Crippen molar-refractivity contribution in [2.45, 2.75) is 18.8 Å². The van der Waals surface area contributed by atoms with Crippen LogP contribution in [-0.2, 0) is 0 Å². The van der Waals surface area contributed by atoms with E-state index in [-0.39, 0.29) is 30.0 Å². The third-order valence-corrected chi connectivity index (χ3v) is 6.97. The van der Waals surface area contributed by atoms with E-state index in [2.05, 4.69) is 20.4 Å². The van der Waals surface area contributed by atoms with Gasteiger partial charge in [0.15, 0.2) is 16.3 Å². The van der Waals surface area contributed by atoms with Crippen LogP contribution in [0.3, 0.4) is 0 Å². The molecule has 8 heteroatoms. The van der Waals surface area contributed by atoms with Crippen LogP contribution >= 0.6 is 22.7 Å². The van der Waals surface area contributed by atoms with Crippen LogP contribution in [0, 0.1) is 24.2 Å². The summed E-state index contributed by atoms with van der Waals surface area (Å²) in [5.41, 5.74) is 5.15. The van der Waals surface area contributed by atoms with Gasteiger partial charge in [-0.3, -0.25) is 9.69 Å². The molecule has 4 rings (SSSR count). The fraction of sp³-hybridized carbons (Fsp3) is 0.381. The zero-order valence-electron chi connectivity index (χ0n) is 15.9. The van der Waals surface area contributed by atoms with E-state index < -0.39 is 5.92 Å². The third-order valence-electron chi connectivity index (χ3n) is 5.63. The molecule has 151 valence electrons. The smallest absolute Gasteiger partial charge is 0.196 e. The highest BCUT2D eigenvalue weighted by Crippen LogP contribution is 2.45. The number of Topliss-reactive ketones (excluding diaryl/α,β-unsaturated/α-hetero) is 1. The van der Waals surface area contributed by atoms with Gasteiger partial charge in [0.2, 0.25) is 0 Å². The Morgan fingerprint density at radius 1 is 1.41 bits per heavy atom. The van der Waals surface area contributed by atoms with E-state index >= 15 is 0 Å². The molecule has 1 saturated heterocycles. The number of thiazole rings is 2. The Kier molecular flexibility index (Phi) is 6.15. The first-order valence-corrected chi connectivity index (χ1v) is 11.2. The summed E-state index contributed by atoms with van der Waals surface area (Å²) in [6.07, 6.45) is 1.63. The molecule has 2 aromatic heterocycles. The molecular formula is C21H21FN3O2S2. The van der Waals surface area contributed by atoms with E-state index in [0.29, 0.717) is 30.2 Å². The Bertz CT molecular complexity index is 962.